The van der Waals surface area contributed by atoms with Crippen LogP contribution in [0.15, 0.2) is 18.2 Å². The molecule has 7 nitrogen and oxygen atoms in total. The number of carbonyl (C=O) groups is 2. The predicted molar refractivity (Wildman–Crippen MR) is 89.5 cm³/mol. The first kappa shape index (κ1) is 16.4. The Labute approximate surface area is 146 Å². The van der Waals surface area contributed by atoms with Crippen molar-refractivity contribution < 1.29 is 24.2 Å². The van der Waals surface area contributed by atoms with Gasteiger partial charge in [0.1, 0.15) is 0 Å². The summed E-state index contributed by atoms with van der Waals surface area (Å²) in [6.07, 6.45) is 3.91. The van der Waals surface area contributed by atoms with E-state index in [1.54, 1.807) is 18.2 Å². The van der Waals surface area contributed by atoms with Crippen LogP contribution >= 0.6 is 0 Å². The molecule has 25 heavy (non-hydrogen) atoms. The Balaban J connectivity index is 1.57. The summed E-state index contributed by atoms with van der Waals surface area (Å²) in [5, 5.41) is 9.30. The topological polar surface area (TPSA) is 79.3 Å². The molecular weight excluding hydrogens is 324 g/mol. The molecule has 0 bridgehead atoms. The quantitative estimate of drug-likeness (QED) is 0.828. The second-order valence-corrected chi connectivity index (χ2v) is 6.72. The van der Waals surface area contributed by atoms with Crippen LogP contribution in [0.5, 0.6) is 11.5 Å². The smallest absolute Gasteiger partial charge is 0.251 e. The lowest BCUT2D eigenvalue weighted by atomic mass is 9.97. The number of fused-ring (bicyclic) bond motifs is 1. The molecule has 0 aliphatic carbocycles. The van der Waals surface area contributed by atoms with Gasteiger partial charge in [0, 0.05) is 18.7 Å². The maximum atomic E-state index is 13.0. The highest BCUT2D eigenvalue weighted by molar-refractivity contribution is 6.22. The Morgan fingerprint density at radius 3 is 2.84 bits per heavy atom. The van der Waals surface area contributed by atoms with Crippen LogP contribution in [0, 0.1) is 0 Å². The fraction of sp³-hybridized carbons (Fsp3) is 0.556. The highest BCUT2D eigenvalue weighted by Gasteiger charge is 2.45. The normalized spacial score (nSPS) is 26.5. The van der Waals surface area contributed by atoms with Crippen molar-refractivity contribution in [1.82, 2.24) is 4.90 Å². The number of aliphatic hydroxyl groups excluding tert-OH is 1. The van der Waals surface area contributed by atoms with Gasteiger partial charge in [0.05, 0.1) is 18.2 Å². The number of hydrogen-bond donors (Lipinski definition) is 1. The van der Waals surface area contributed by atoms with E-state index in [1.807, 2.05) is 0 Å². The molecule has 2 amide bonds. The summed E-state index contributed by atoms with van der Waals surface area (Å²) in [4.78, 5) is 28.9. The van der Waals surface area contributed by atoms with Gasteiger partial charge in [0.2, 0.25) is 12.7 Å². The molecule has 3 aliphatic rings. The lowest BCUT2D eigenvalue weighted by Crippen LogP contribution is -2.50. The van der Waals surface area contributed by atoms with Gasteiger partial charge in [-0.05, 0) is 37.9 Å². The average Bonchev–Trinajstić information content (AvgIpc) is 3.19. The number of nitrogens with zero attached hydrogens (tertiary/aromatic N) is 2. The summed E-state index contributed by atoms with van der Waals surface area (Å²) in [5.41, 5.74) is 0.525. The van der Waals surface area contributed by atoms with Gasteiger partial charge in [0.25, 0.3) is 5.91 Å². The van der Waals surface area contributed by atoms with Crippen molar-refractivity contribution in [2.24, 2.45) is 0 Å². The lowest BCUT2D eigenvalue weighted by molar-refractivity contribution is -0.123. The van der Waals surface area contributed by atoms with Crippen LogP contribution in [0.25, 0.3) is 0 Å². The van der Waals surface area contributed by atoms with Crippen LogP contribution in [0.3, 0.4) is 0 Å². The van der Waals surface area contributed by atoms with Crippen molar-refractivity contribution >= 4 is 17.5 Å². The van der Waals surface area contributed by atoms with Crippen LogP contribution in [0.1, 0.15) is 32.1 Å². The van der Waals surface area contributed by atoms with Gasteiger partial charge in [-0.3, -0.25) is 14.5 Å². The molecule has 134 valence electrons. The van der Waals surface area contributed by atoms with E-state index >= 15 is 0 Å². The molecule has 2 atom stereocenters. The van der Waals surface area contributed by atoms with E-state index in [-0.39, 0.29) is 37.7 Å². The number of anilines is 1. The van der Waals surface area contributed by atoms with Crippen molar-refractivity contribution in [1.29, 1.82) is 0 Å². The van der Waals surface area contributed by atoms with Gasteiger partial charge in [-0.2, -0.15) is 0 Å². The van der Waals surface area contributed by atoms with Gasteiger partial charge in [0.15, 0.2) is 11.5 Å². The van der Waals surface area contributed by atoms with E-state index in [0.29, 0.717) is 23.6 Å². The molecule has 3 heterocycles. The van der Waals surface area contributed by atoms with E-state index in [9.17, 15) is 14.7 Å². The van der Waals surface area contributed by atoms with Crippen LogP contribution < -0.4 is 14.4 Å². The number of aliphatic hydroxyl groups is 1. The summed E-state index contributed by atoms with van der Waals surface area (Å²) >= 11 is 0. The standard InChI is InChI=1S/C18H22N2O5/c21-8-6-12-3-1-2-7-19(12)14-10-17(22)20(18(14)23)13-4-5-15-16(9-13)25-11-24-15/h4-5,9,12,14,21H,1-3,6-8,10-11H2/t12-,14+/m1/s1. The van der Waals surface area contributed by atoms with E-state index in [2.05, 4.69) is 4.90 Å². The Bertz CT molecular complexity index is 690. The van der Waals surface area contributed by atoms with E-state index in [0.717, 1.165) is 25.8 Å². The number of hydrogen-bond acceptors (Lipinski definition) is 6. The molecule has 0 saturated carbocycles. The summed E-state index contributed by atoms with van der Waals surface area (Å²) in [6.45, 7) is 1.05. The summed E-state index contributed by atoms with van der Waals surface area (Å²) in [6, 6.07) is 4.85. The van der Waals surface area contributed by atoms with Gasteiger partial charge in [-0.25, -0.2) is 4.90 Å². The zero-order chi connectivity index (χ0) is 17.4. The minimum atomic E-state index is -0.435. The number of imide groups is 1. The lowest BCUT2D eigenvalue weighted by Gasteiger charge is -2.38. The number of amides is 2. The summed E-state index contributed by atoms with van der Waals surface area (Å²) in [7, 11) is 0. The minimum Gasteiger partial charge on any atom is -0.454 e. The van der Waals surface area contributed by atoms with Gasteiger partial charge >= 0.3 is 0 Å². The molecule has 2 fully saturated rings. The fourth-order valence-corrected chi connectivity index (χ4v) is 4.06. The Hall–Kier alpha value is -2.12. The Kier molecular flexibility index (Phi) is 4.35. The molecule has 1 aromatic carbocycles. The number of piperidine rings is 1. The Morgan fingerprint density at radius 1 is 1.16 bits per heavy atom. The summed E-state index contributed by atoms with van der Waals surface area (Å²) in [5.74, 6) is 0.798. The van der Waals surface area contributed by atoms with Crippen molar-refractivity contribution in [2.45, 2.75) is 44.2 Å². The van der Waals surface area contributed by atoms with Gasteiger partial charge < -0.3 is 14.6 Å². The van der Waals surface area contributed by atoms with Crippen molar-refractivity contribution in [3.8, 4) is 11.5 Å². The van der Waals surface area contributed by atoms with Crippen molar-refractivity contribution in [2.75, 3.05) is 24.8 Å². The number of benzene rings is 1. The second-order valence-electron chi connectivity index (χ2n) is 6.72. The zero-order valence-corrected chi connectivity index (χ0v) is 14.0. The first-order chi connectivity index (χ1) is 12.2. The largest absolute Gasteiger partial charge is 0.454 e. The first-order valence-corrected chi connectivity index (χ1v) is 8.82. The van der Waals surface area contributed by atoms with E-state index in [1.165, 1.54) is 4.90 Å². The van der Waals surface area contributed by atoms with Crippen LogP contribution in [-0.4, -0.2) is 53.8 Å². The maximum Gasteiger partial charge on any atom is 0.251 e. The van der Waals surface area contributed by atoms with E-state index < -0.39 is 6.04 Å². The molecule has 1 N–H and O–H groups in total. The molecule has 0 radical (unpaired) electrons. The van der Waals surface area contributed by atoms with Crippen LogP contribution in [-0.2, 0) is 9.59 Å². The SMILES string of the molecule is O=C1C[C@H](N2CCCC[C@@H]2CCO)C(=O)N1c1ccc2c(c1)OCO2. The average molecular weight is 346 g/mol. The number of carbonyl (C=O) groups excluding carboxylic acids is 2. The fourth-order valence-electron chi connectivity index (χ4n) is 4.06. The third kappa shape index (κ3) is 2.87. The number of likely N-dealkylation sites (tertiary alicyclic amines) is 1. The summed E-state index contributed by atoms with van der Waals surface area (Å²) < 4.78 is 10.6. The van der Waals surface area contributed by atoms with E-state index in [4.69, 9.17) is 9.47 Å². The second kappa shape index (κ2) is 6.65. The predicted octanol–water partition coefficient (Wildman–Crippen LogP) is 1.28. The first-order valence-electron chi connectivity index (χ1n) is 8.82. The minimum absolute atomic E-state index is 0.0991. The third-order valence-electron chi connectivity index (χ3n) is 5.27. The molecule has 0 unspecified atom stereocenters. The molecule has 3 aliphatic heterocycles. The zero-order valence-electron chi connectivity index (χ0n) is 14.0. The van der Waals surface area contributed by atoms with Gasteiger partial charge in [-0.1, -0.05) is 6.42 Å². The van der Waals surface area contributed by atoms with Crippen LogP contribution in [0.2, 0.25) is 0 Å². The number of ether oxygens (including phenoxy) is 2. The number of rotatable bonds is 4. The highest BCUT2D eigenvalue weighted by atomic mass is 16.7. The van der Waals surface area contributed by atoms with Crippen molar-refractivity contribution in [3.63, 3.8) is 0 Å². The molecule has 0 aromatic heterocycles. The third-order valence-corrected chi connectivity index (χ3v) is 5.27. The van der Waals surface area contributed by atoms with Gasteiger partial charge in [-0.15, -0.1) is 0 Å². The monoisotopic (exact) mass is 346 g/mol. The highest BCUT2D eigenvalue weighted by Crippen LogP contribution is 2.38. The molecule has 4 rings (SSSR count). The molecule has 0 spiro atoms. The molecule has 7 heteroatoms. The molecular formula is C18H22N2O5. The van der Waals surface area contributed by atoms with Crippen molar-refractivity contribution in [3.05, 3.63) is 18.2 Å². The molecule has 2 saturated heterocycles. The van der Waals surface area contributed by atoms with Crippen LogP contribution in [0.4, 0.5) is 5.69 Å². The Morgan fingerprint density at radius 2 is 2.00 bits per heavy atom. The maximum absolute atomic E-state index is 13.0. The molecule has 1 aromatic rings.